The second-order valence-corrected chi connectivity index (χ2v) is 2.05. The molecule has 0 aliphatic heterocycles. The van der Waals surface area contributed by atoms with Crippen LogP contribution in [0.4, 0.5) is 0 Å². The molecule has 0 amide bonds. The summed E-state index contributed by atoms with van der Waals surface area (Å²) in [5.41, 5.74) is 0. The molecule has 72 valence electrons. The van der Waals surface area contributed by atoms with Crippen molar-refractivity contribution < 1.29 is 41.3 Å². The van der Waals surface area contributed by atoms with Crippen molar-refractivity contribution in [2.45, 2.75) is 0 Å². The molecule has 0 spiro atoms. The molecule has 0 aromatic heterocycles. The van der Waals surface area contributed by atoms with E-state index in [-0.39, 0.29) is 21.9 Å². The maximum absolute atomic E-state index is 9.21. The van der Waals surface area contributed by atoms with E-state index in [9.17, 15) is 7.61 Å². The average molecular weight is 234 g/mol. The summed E-state index contributed by atoms with van der Waals surface area (Å²) in [6.45, 7) is 0. The number of rotatable bonds is 2. The molecule has 0 rings (SSSR count). The standard InChI is InChI=1S/2Al.O2Si.4H2O.3O/c;;1-3-2;;;;;;;/h;;;4*1H2;;;. The van der Waals surface area contributed by atoms with Gasteiger partial charge >= 0.3 is 50.7 Å². The zero-order valence-electron chi connectivity index (χ0n) is 5.70. The maximum atomic E-state index is 9.21. The SMILES string of the molecule is O.O.O.O.O=[Si]=O.[O]=[Al][O][Al]=[O]. The van der Waals surface area contributed by atoms with Gasteiger partial charge in [0, 0.05) is 0 Å². The molecule has 0 aliphatic carbocycles. The van der Waals surface area contributed by atoms with E-state index in [1.54, 1.807) is 0 Å². The molecule has 0 saturated heterocycles. The first-order valence-corrected chi connectivity index (χ1v) is 4.05. The van der Waals surface area contributed by atoms with Gasteiger partial charge in [-0.05, 0) is 0 Å². The van der Waals surface area contributed by atoms with Crippen molar-refractivity contribution in [1.82, 2.24) is 0 Å². The van der Waals surface area contributed by atoms with Gasteiger partial charge in [0.15, 0.2) is 0 Å². The summed E-state index contributed by atoms with van der Waals surface area (Å²) in [4.78, 5) is 0. The van der Waals surface area contributed by atoms with Gasteiger partial charge in [0.05, 0.1) is 0 Å². The molecule has 0 aromatic rings. The Morgan fingerprint density at radius 3 is 1.00 bits per heavy atom. The van der Waals surface area contributed by atoms with Gasteiger partial charge < -0.3 is 21.9 Å². The Hall–Kier alpha value is 0.122. The molecule has 0 aliphatic rings. The first-order valence-electron chi connectivity index (χ1n) is 1.35. The molecule has 0 saturated carbocycles. The van der Waals surface area contributed by atoms with Crippen molar-refractivity contribution in [1.29, 1.82) is 0 Å². The summed E-state index contributed by atoms with van der Waals surface area (Å²) in [5.74, 6) is 0. The molecule has 0 radical (unpaired) electrons. The summed E-state index contributed by atoms with van der Waals surface area (Å²) in [7, 11) is -1.42. The predicted octanol–water partition coefficient (Wildman–Crippen LogP) is -4.98. The van der Waals surface area contributed by atoms with Crippen LogP contribution in [-0.4, -0.2) is 62.2 Å². The summed E-state index contributed by atoms with van der Waals surface area (Å²) < 4.78 is 39.1. The van der Waals surface area contributed by atoms with Crippen LogP contribution >= 0.6 is 0 Å². The van der Waals surface area contributed by atoms with Crippen molar-refractivity contribution >= 4 is 40.3 Å². The molecular weight excluding hydrogens is 226 g/mol. The van der Waals surface area contributed by atoms with Gasteiger partial charge in [0.2, 0.25) is 0 Å². The number of hydrogen-bond donors (Lipinski definition) is 0. The Labute approximate surface area is 81.8 Å². The van der Waals surface area contributed by atoms with E-state index >= 15 is 0 Å². The predicted molar refractivity (Wildman–Crippen MR) is 35.5 cm³/mol. The van der Waals surface area contributed by atoms with Gasteiger partial charge in [-0.1, -0.05) is 0 Å². The molecule has 9 nitrogen and oxygen atoms in total. The summed E-state index contributed by atoms with van der Waals surface area (Å²) >= 11 is -2.48. The molecule has 0 heterocycles. The van der Waals surface area contributed by atoms with Crippen LogP contribution < -0.4 is 0 Å². The molecule has 0 fully saturated rings. The van der Waals surface area contributed by atoms with Crippen LogP contribution in [0, 0.1) is 0 Å². The monoisotopic (exact) mass is 234 g/mol. The Bertz CT molecular complexity index is 88.7. The van der Waals surface area contributed by atoms with E-state index in [1.807, 2.05) is 0 Å². The van der Waals surface area contributed by atoms with Crippen LogP contribution in [0.5, 0.6) is 0 Å². The van der Waals surface area contributed by atoms with E-state index in [2.05, 4.69) is 2.84 Å². The molecule has 0 aromatic carbocycles. The van der Waals surface area contributed by atoms with E-state index in [0.717, 1.165) is 0 Å². The van der Waals surface area contributed by atoms with Crippen LogP contribution in [0.25, 0.3) is 0 Å². The third kappa shape index (κ3) is 187. The van der Waals surface area contributed by atoms with Crippen LogP contribution in [0.1, 0.15) is 0 Å². The van der Waals surface area contributed by atoms with Crippen molar-refractivity contribution in [3.8, 4) is 0 Å². The first kappa shape index (κ1) is 40.0. The van der Waals surface area contributed by atoms with Gasteiger partial charge in [0.25, 0.3) is 0 Å². The molecule has 8 N–H and O–H groups in total. The normalized spacial score (nSPS) is 2.33. The summed E-state index contributed by atoms with van der Waals surface area (Å²) in [6.07, 6.45) is 0. The van der Waals surface area contributed by atoms with Crippen molar-refractivity contribution in [2.75, 3.05) is 0 Å². The molecule has 0 bridgehead atoms. The van der Waals surface area contributed by atoms with Gasteiger partial charge in [0.1, 0.15) is 0 Å². The fourth-order valence-electron chi connectivity index (χ4n) is 0.0227. The summed E-state index contributed by atoms with van der Waals surface area (Å²) in [6, 6.07) is 0. The van der Waals surface area contributed by atoms with Crippen molar-refractivity contribution in [2.24, 2.45) is 0 Å². The average Bonchev–Trinajstić information content (AvgIpc) is 1.71. The zero-order valence-corrected chi connectivity index (χ0v) is 9.01. The Balaban J connectivity index is -0.0000000119. The second kappa shape index (κ2) is 67.1. The van der Waals surface area contributed by atoms with E-state index in [1.165, 1.54) is 0 Å². The topological polar surface area (TPSA) is 204 Å². The van der Waals surface area contributed by atoms with Crippen molar-refractivity contribution in [3.63, 3.8) is 0 Å². The number of hydrogen-bond acceptors (Lipinski definition) is 5. The van der Waals surface area contributed by atoms with Crippen LogP contribution in [0.2, 0.25) is 0 Å². The first-order chi connectivity index (χ1) is 3.83. The molecule has 12 heavy (non-hydrogen) atoms. The van der Waals surface area contributed by atoms with Gasteiger partial charge in [-0.25, -0.2) is 0 Å². The Kier molecular flexibility index (Phi) is 224. The third-order valence-corrected chi connectivity index (χ3v) is 1.00. The van der Waals surface area contributed by atoms with Gasteiger partial charge in [-0.3, -0.25) is 8.92 Å². The fraction of sp³-hybridized carbons (Fsp3) is 0. The van der Waals surface area contributed by atoms with E-state index in [0.29, 0.717) is 0 Å². The molecule has 0 atom stereocenters. The van der Waals surface area contributed by atoms with Crippen LogP contribution in [0.3, 0.4) is 0 Å². The minimum atomic E-state index is -1.42. The zero-order chi connectivity index (χ0) is 6.83. The Morgan fingerprint density at radius 1 is 0.833 bits per heavy atom. The second-order valence-electron chi connectivity index (χ2n) is 0.412. The van der Waals surface area contributed by atoms with Gasteiger partial charge in [-0.2, -0.15) is 0 Å². The molecular formula is H8Al2O9Si. The van der Waals surface area contributed by atoms with E-state index < -0.39 is 40.3 Å². The van der Waals surface area contributed by atoms with Crippen LogP contribution in [-0.2, 0) is 19.4 Å². The quantitative estimate of drug-likeness (QED) is 0.429. The van der Waals surface area contributed by atoms with Crippen molar-refractivity contribution in [3.05, 3.63) is 0 Å². The minimum absolute atomic E-state index is 0. The van der Waals surface area contributed by atoms with Gasteiger partial charge in [-0.15, -0.1) is 0 Å². The third-order valence-electron chi connectivity index (χ3n) is 0.111. The summed E-state index contributed by atoms with van der Waals surface area (Å²) in [5, 5.41) is 0. The van der Waals surface area contributed by atoms with Crippen LogP contribution in [0.15, 0.2) is 0 Å². The molecule has 12 heteroatoms. The fourth-order valence-corrected chi connectivity index (χ4v) is 0.204. The molecule has 0 unspecified atom stereocenters. The van der Waals surface area contributed by atoms with E-state index in [4.69, 9.17) is 8.92 Å². The Morgan fingerprint density at radius 2 is 1.00 bits per heavy atom.